The number of allylic oxidation sites excluding steroid dienone is 11. The molecule has 1 fully saturated rings. The third-order valence-electron chi connectivity index (χ3n) is 11.4. The van der Waals surface area contributed by atoms with Gasteiger partial charge in [0.15, 0.2) is 12.3 Å². The molecule has 2 rings (SSSR count). The Balaban J connectivity index is 1.87. The zero-order valence-electron chi connectivity index (χ0n) is 43.0. The maximum atomic E-state index is 12.9. The number of carbonyl (C=O) groups excluding carboxylic acids is 2. The Kier molecular flexibility index (Phi) is 35.4. The summed E-state index contributed by atoms with van der Waals surface area (Å²) in [6.45, 7) is 1.91. The van der Waals surface area contributed by atoms with E-state index in [4.69, 9.17) is 29.0 Å². The summed E-state index contributed by atoms with van der Waals surface area (Å²) in [6, 6.07) is 1.23. The number of carbonyl (C=O) groups is 2. The number of rotatable bonds is 42. The van der Waals surface area contributed by atoms with Gasteiger partial charge in [0.1, 0.15) is 30.7 Å². The molecule has 7 N–H and O–H groups in total. The lowest BCUT2D eigenvalue weighted by Gasteiger charge is -2.21. The van der Waals surface area contributed by atoms with Crippen molar-refractivity contribution in [2.24, 2.45) is 0 Å². The standard InChI is InChI=1S/C52H85N3O16P2/c1-3-5-7-9-11-13-15-17-18-19-20-22-24-26-28-30-32-36-47(57)66-40-44(69-48(58)37-33-35-43(56)34-31-29-27-25-23-21-16-14-12-10-8-6-4-2)41-67-72(62,63)71-73(64,65)68-42-45-49(59)50(60)51(70-45)55-39-38-46(53)54-52(55)61/h17-18,20-23,26-29,31,34,38-39,43-45,49-51,56,59-60H,3-16,19,24-25,30,32-33,35-37,40-42H2,1-2H3,(H,62,63)(H,64,65)(H2,53,54,61)/b18-17-,22-20-,23-21+,28-26-,29-27+,34-31+/t43?,44-,45-,49-,50-,51-/m1/s1. The highest BCUT2D eigenvalue weighted by atomic mass is 31.3. The number of phosphoric acid groups is 2. The minimum Gasteiger partial charge on any atom is -0.462 e. The van der Waals surface area contributed by atoms with Gasteiger partial charge < -0.3 is 45.1 Å². The number of nitrogens with two attached hydrogens (primary N) is 1. The van der Waals surface area contributed by atoms with Crippen LogP contribution in [0.1, 0.15) is 168 Å². The molecular weight excluding hydrogens is 985 g/mol. The smallest absolute Gasteiger partial charge is 0.462 e. The number of unbranched alkanes of at least 4 members (excludes halogenated alkanes) is 13. The molecule has 1 aromatic heterocycles. The molecule has 0 amide bonds. The van der Waals surface area contributed by atoms with E-state index in [0.29, 0.717) is 12.8 Å². The number of nitrogens with zero attached hydrogens (tertiary/aromatic N) is 2. The molecule has 8 atom stereocenters. The van der Waals surface area contributed by atoms with Gasteiger partial charge in [0, 0.05) is 19.0 Å². The van der Waals surface area contributed by atoms with Crippen LogP contribution in [0.3, 0.4) is 0 Å². The molecule has 1 aromatic rings. The van der Waals surface area contributed by atoms with Crippen molar-refractivity contribution in [1.82, 2.24) is 9.55 Å². The van der Waals surface area contributed by atoms with Crippen LogP contribution in [0.4, 0.5) is 5.82 Å². The average Bonchev–Trinajstić information content (AvgIpc) is 3.62. The summed E-state index contributed by atoms with van der Waals surface area (Å²) in [5.41, 5.74) is 4.57. The van der Waals surface area contributed by atoms with E-state index in [1.807, 2.05) is 24.3 Å². The second-order valence-corrected chi connectivity index (χ2v) is 20.9. The molecule has 3 unspecified atom stereocenters. The van der Waals surface area contributed by atoms with Gasteiger partial charge in [0.25, 0.3) is 0 Å². The summed E-state index contributed by atoms with van der Waals surface area (Å²) < 4.78 is 56.6. The molecule has 414 valence electrons. The highest BCUT2D eigenvalue weighted by Gasteiger charge is 2.46. The largest absolute Gasteiger partial charge is 0.481 e. The van der Waals surface area contributed by atoms with Gasteiger partial charge >= 0.3 is 33.3 Å². The summed E-state index contributed by atoms with van der Waals surface area (Å²) in [5.74, 6) is -1.57. The van der Waals surface area contributed by atoms with Crippen LogP contribution in [-0.4, -0.2) is 96.9 Å². The number of aromatic nitrogens is 2. The molecule has 1 saturated heterocycles. The van der Waals surface area contributed by atoms with Crippen LogP contribution in [-0.2, 0) is 46.3 Å². The summed E-state index contributed by atoms with van der Waals surface area (Å²) in [4.78, 5) is 61.9. The molecule has 0 spiro atoms. The quantitative estimate of drug-likeness (QED) is 0.0117. The second kappa shape index (κ2) is 39.6. The van der Waals surface area contributed by atoms with Crippen molar-refractivity contribution < 1.29 is 71.4 Å². The monoisotopic (exact) mass is 1070 g/mol. The minimum atomic E-state index is -5.48. The molecule has 21 heteroatoms. The molecule has 19 nitrogen and oxygen atoms in total. The second-order valence-electron chi connectivity index (χ2n) is 17.9. The van der Waals surface area contributed by atoms with Gasteiger partial charge in [-0.1, -0.05) is 151 Å². The Hall–Kier alpha value is -3.84. The molecular formula is C52H85N3O16P2. The number of aliphatic hydroxyl groups excluding tert-OH is 3. The van der Waals surface area contributed by atoms with Crippen LogP contribution in [0, 0.1) is 0 Å². The molecule has 1 aliphatic heterocycles. The first-order valence-corrected chi connectivity index (χ1v) is 29.0. The molecule has 1 aliphatic rings. The van der Waals surface area contributed by atoms with Gasteiger partial charge in [0.2, 0.25) is 0 Å². The van der Waals surface area contributed by atoms with Crippen molar-refractivity contribution in [1.29, 1.82) is 0 Å². The molecule has 2 heterocycles. The van der Waals surface area contributed by atoms with Crippen molar-refractivity contribution in [2.45, 2.75) is 198 Å². The Morgan fingerprint density at radius 3 is 1.89 bits per heavy atom. The van der Waals surface area contributed by atoms with E-state index in [1.54, 1.807) is 12.2 Å². The predicted octanol–water partition coefficient (Wildman–Crippen LogP) is 9.86. The van der Waals surface area contributed by atoms with Crippen molar-refractivity contribution in [3.8, 4) is 0 Å². The third kappa shape index (κ3) is 32.3. The number of ether oxygens (including phenoxy) is 3. The van der Waals surface area contributed by atoms with Crippen LogP contribution < -0.4 is 11.4 Å². The van der Waals surface area contributed by atoms with Gasteiger partial charge in [-0.15, -0.1) is 0 Å². The Labute approximate surface area is 432 Å². The maximum absolute atomic E-state index is 12.9. The normalized spacial score (nSPS) is 20.0. The number of phosphoric ester groups is 2. The van der Waals surface area contributed by atoms with Gasteiger partial charge in [-0.05, 0) is 76.7 Å². The number of anilines is 1. The fourth-order valence-corrected chi connectivity index (χ4v) is 9.39. The fourth-order valence-electron chi connectivity index (χ4n) is 7.28. The van der Waals surface area contributed by atoms with Crippen LogP contribution >= 0.6 is 15.6 Å². The molecule has 0 radical (unpaired) electrons. The summed E-state index contributed by atoms with van der Waals surface area (Å²) in [7, 11) is -11.0. The molecule has 0 bridgehead atoms. The lowest BCUT2D eigenvalue weighted by molar-refractivity contribution is -0.161. The maximum Gasteiger partial charge on any atom is 0.481 e. The van der Waals surface area contributed by atoms with E-state index >= 15 is 0 Å². The minimum absolute atomic E-state index is 0.0130. The Morgan fingerprint density at radius 2 is 1.27 bits per heavy atom. The topological polar surface area (TPSA) is 286 Å². The lowest BCUT2D eigenvalue weighted by Crippen LogP contribution is -2.36. The average molecular weight is 1070 g/mol. The first kappa shape index (κ1) is 65.3. The number of esters is 2. The summed E-state index contributed by atoms with van der Waals surface area (Å²) in [5, 5.41) is 31.3. The first-order valence-electron chi connectivity index (χ1n) is 26.1. The zero-order chi connectivity index (χ0) is 53.6. The zero-order valence-corrected chi connectivity index (χ0v) is 44.8. The Morgan fingerprint density at radius 1 is 0.726 bits per heavy atom. The van der Waals surface area contributed by atoms with Crippen molar-refractivity contribution in [3.05, 3.63) is 95.7 Å². The number of aliphatic hydroxyl groups is 3. The lowest BCUT2D eigenvalue weighted by atomic mass is 10.1. The highest BCUT2D eigenvalue weighted by molar-refractivity contribution is 7.61. The first-order chi connectivity index (χ1) is 35.1. The number of nitrogen functional groups attached to an aromatic ring is 1. The van der Waals surface area contributed by atoms with E-state index in [2.05, 4.69) is 59.6 Å². The molecule has 0 aromatic carbocycles. The van der Waals surface area contributed by atoms with E-state index in [1.165, 1.54) is 83.1 Å². The van der Waals surface area contributed by atoms with Crippen LogP contribution in [0.2, 0.25) is 0 Å². The van der Waals surface area contributed by atoms with Gasteiger partial charge in [-0.3, -0.25) is 23.2 Å². The van der Waals surface area contributed by atoms with Gasteiger partial charge in [0.05, 0.1) is 19.3 Å². The Bertz CT molecular complexity index is 2020. The number of hydrogen-bond acceptors (Lipinski definition) is 16. The van der Waals surface area contributed by atoms with E-state index in [-0.39, 0.29) is 31.5 Å². The van der Waals surface area contributed by atoms with E-state index in [0.717, 1.165) is 42.9 Å². The van der Waals surface area contributed by atoms with Gasteiger partial charge in [-0.25, -0.2) is 13.9 Å². The SMILES string of the molecule is CCCCCCCC/C=C\C/C=C\C/C=C\CCCC(=O)OC[C@H](COP(=O)(O)OP(=O)(O)OC[C@H]1O[C@@H](n2ccc(N)nc2=O)[C@H](O)[C@@H]1O)OC(=O)CCCC(O)/C=C/C=C/C/C=C/CCCCCCCC. The van der Waals surface area contributed by atoms with E-state index < -0.39 is 89.8 Å². The van der Waals surface area contributed by atoms with Crippen molar-refractivity contribution in [2.75, 3.05) is 25.6 Å². The third-order valence-corrected chi connectivity index (χ3v) is 14.0. The molecule has 0 saturated carbocycles. The predicted molar refractivity (Wildman–Crippen MR) is 281 cm³/mol. The van der Waals surface area contributed by atoms with E-state index in [9.17, 15) is 48.6 Å². The highest BCUT2D eigenvalue weighted by Crippen LogP contribution is 2.60. The fraction of sp³-hybridized carbons (Fsp3) is 0.654. The number of hydrogen-bond donors (Lipinski definition) is 6. The molecule has 0 aliphatic carbocycles. The van der Waals surface area contributed by atoms with Gasteiger partial charge in [-0.2, -0.15) is 9.29 Å². The van der Waals surface area contributed by atoms with Crippen LogP contribution in [0.15, 0.2) is 90.0 Å². The van der Waals surface area contributed by atoms with Crippen molar-refractivity contribution >= 4 is 33.4 Å². The van der Waals surface area contributed by atoms with Crippen molar-refractivity contribution in [3.63, 3.8) is 0 Å². The summed E-state index contributed by atoms with van der Waals surface area (Å²) >= 11 is 0. The van der Waals surface area contributed by atoms with Crippen LogP contribution in [0.5, 0.6) is 0 Å². The molecule has 73 heavy (non-hydrogen) atoms. The summed E-state index contributed by atoms with van der Waals surface area (Å²) in [6.07, 6.45) is 37.3. The van der Waals surface area contributed by atoms with Crippen LogP contribution in [0.25, 0.3) is 0 Å².